The molecule has 0 atom stereocenters. The fourth-order valence-corrected chi connectivity index (χ4v) is 2.10. The average Bonchev–Trinajstić information content (AvgIpc) is 3.13. The fraction of sp³-hybridized carbons (Fsp3) is 0.500. The van der Waals surface area contributed by atoms with E-state index in [1.165, 1.54) is 0 Å². The summed E-state index contributed by atoms with van der Waals surface area (Å²) >= 11 is 5.40. The topological polar surface area (TPSA) is 50.9 Å². The van der Waals surface area contributed by atoms with E-state index in [2.05, 4.69) is 29.4 Å². The van der Waals surface area contributed by atoms with Crippen molar-refractivity contribution in [1.82, 2.24) is 29.8 Å². The standard InChI is InChI=1S/C14H22N6S/c1-4-19-7-6-13(17-19)11-18(3)14(21)15-8-12-9-16-20(5-2)10-12/h6-7,9-10H,4-5,8,11H2,1-3H3,(H,15,21). The lowest BCUT2D eigenvalue weighted by Crippen LogP contribution is -2.36. The lowest BCUT2D eigenvalue weighted by Gasteiger charge is -2.19. The molecule has 0 aromatic carbocycles. The van der Waals surface area contributed by atoms with Crippen LogP contribution in [-0.4, -0.2) is 36.6 Å². The number of aryl methyl sites for hydroxylation is 2. The number of nitrogens with zero attached hydrogens (tertiary/aromatic N) is 5. The predicted octanol–water partition coefficient (Wildman–Crippen LogP) is 1.63. The van der Waals surface area contributed by atoms with E-state index >= 15 is 0 Å². The van der Waals surface area contributed by atoms with Crippen molar-refractivity contribution >= 4 is 17.3 Å². The van der Waals surface area contributed by atoms with Crippen LogP contribution in [0.15, 0.2) is 24.7 Å². The van der Waals surface area contributed by atoms with Crippen molar-refractivity contribution < 1.29 is 0 Å². The van der Waals surface area contributed by atoms with E-state index in [1.807, 2.05) is 46.0 Å². The molecule has 2 rings (SSSR count). The SMILES string of the molecule is CCn1cc(CNC(=S)N(C)Cc2ccn(CC)n2)cn1. The summed E-state index contributed by atoms with van der Waals surface area (Å²) in [6, 6.07) is 2.02. The summed E-state index contributed by atoms with van der Waals surface area (Å²) < 4.78 is 3.82. The second-order valence-electron chi connectivity index (χ2n) is 4.88. The molecule has 0 spiro atoms. The van der Waals surface area contributed by atoms with Crippen molar-refractivity contribution in [2.24, 2.45) is 0 Å². The van der Waals surface area contributed by atoms with E-state index in [0.717, 1.165) is 24.3 Å². The van der Waals surface area contributed by atoms with Crippen molar-refractivity contribution in [2.75, 3.05) is 7.05 Å². The van der Waals surface area contributed by atoms with E-state index in [-0.39, 0.29) is 0 Å². The summed E-state index contributed by atoms with van der Waals surface area (Å²) in [5.41, 5.74) is 2.14. The molecule has 0 fully saturated rings. The van der Waals surface area contributed by atoms with Gasteiger partial charge in [-0.05, 0) is 32.1 Å². The van der Waals surface area contributed by atoms with Gasteiger partial charge in [0.25, 0.3) is 0 Å². The monoisotopic (exact) mass is 306 g/mol. The molecule has 0 unspecified atom stereocenters. The zero-order valence-electron chi connectivity index (χ0n) is 12.8. The molecule has 21 heavy (non-hydrogen) atoms. The van der Waals surface area contributed by atoms with Crippen LogP contribution in [0.2, 0.25) is 0 Å². The van der Waals surface area contributed by atoms with Crippen LogP contribution in [0, 0.1) is 0 Å². The molecule has 2 heterocycles. The summed E-state index contributed by atoms with van der Waals surface area (Å²) in [6.45, 7) is 7.29. The second-order valence-corrected chi connectivity index (χ2v) is 5.27. The Balaban J connectivity index is 1.81. The third kappa shape index (κ3) is 4.29. The highest BCUT2D eigenvalue weighted by Crippen LogP contribution is 2.02. The average molecular weight is 306 g/mol. The molecule has 0 aliphatic rings. The van der Waals surface area contributed by atoms with Gasteiger partial charge in [0, 0.05) is 44.6 Å². The fourth-order valence-electron chi connectivity index (χ4n) is 1.96. The van der Waals surface area contributed by atoms with Gasteiger partial charge in [-0.25, -0.2) is 0 Å². The Bertz CT molecular complexity index is 588. The van der Waals surface area contributed by atoms with Gasteiger partial charge in [0.2, 0.25) is 0 Å². The number of hydrogen-bond acceptors (Lipinski definition) is 3. The number of nitrogens with one attached hydrogen (secondary N) is 1. The first-order valence-corrected chi connectivity index (χ1v) is 7.55. The Morgan fingerprint density at radius 3 is 2.71 bits per heavy atom. The molecule has 0 radical (unpaired) electrons. The van der Waals surface area contributed by atoms with Crippen molar-refractivity contribution in [1.29, 1.82) is 0 Å². The van der Waals surface area contributed by atoms with Crippen LogP contribution in [0.4, 0.5) is 0 Å². The van der Waals surface area contributed by atoms with E-state index in [1.54, 1.807) is 0 Å². The van der Waals surface area contributed by atoms with Crippen LogP contribution >= 0.6 is 12.2 Å². The van der Waals surface area contributed by atoms with Crippen molar-refractivity contribution in [3.05, 3.63) is 35.9 Å². The minimum atomic E-state index is 0.687. The molecule has 114 valence electrons. The van der Waals surface area contributed by atoms with Gasteiger partial charge in [0.1, 0.15) is 0 Å². The van der Waals surface area contributed by atoms with Crippen molar-refractivity contribution in [2.45, 2.75) is 40.0 Å². The first-order valence-electron chi connectivity index (χ1n) is 7.15. The molecule has 2 aromatic rings. The van der Waals surface area contributed by atoms with Gasteiger partial charge in [-0.2, -0.15) is 10.2 Å². The minimum Gasteiger partial charge on any atom is -0.358 e. The molecular weight excluding hydrogens is 284 g/mol. The Morgan fingerprint density at radius 1 is 1.33 bits per heavy atom. The van der Waals surface area contributed by atoms with Crippen LogP contribution in [-0.2, 0) is 26.2 Å². The molecule has 0 saturated heterocycles. The lowest BCUT2D eigenvalue weighted by atomic mass is 10.3. The normalized spacial score (nSPS) is 10.6. The van der Waals surface area contributed by atoms with Gasteiger partial charge < -0.3 is 10.2 Å². The van der Waals surface area contributed by atoms with Crippen LogP contribution in [0.1, 0.15) is 25.1 Å². The molecular formula is C14H22N6S. The Hall–Kier alpha value is -1.89. The van der Waals surface area contributed by atoms with Crippen LogP contribution in [0.25, 0.3) is 0 Å². The van der Waals surface area contributed by atoms with E-state index in [9.17, 15) is 0 Å². The molecule has 0 saturated carbocycles. The van der Waals surface area contributed by atoms with Crippen LogP contribution in [0.3, 0.4) is 0 Å². The minimum absolute atomic E-state index is 0.687. The number of rotatable bonds is 6. The van der Waals surface area contributed by atoms with Crippen LogP contribution in [0.5, 0.6) is 0 Å². The van der Waals surface area contributed by atoms with E-state index in [4.69, 9.17) is 12.2 Å². The largest absolute Gasteiger partial charge is 0.358 e. The maximum atomic E-state index is 5.40. The maximum Gasteiger partial charge on any atom is 0.169 e. The van der Waals surface area contributed by atoms with Gasteiger partial charge in [-0.15, -0.1) is 0 Å². The smallest absolute Gasteiger partial charge is 0.169 e. The highest BCUT2D eigenvalue weighted by Gasteiger charge is 2.07. The summed E-state index contributed by atoms with van der Waals surface area (Å²) in [5.74, 6) is 0. The van der Waals surface area contributed by atoms with Crippen LogP contribution < -0.4 is 5.32 Å². The first kappa shape index (κ1) is 15.5. The zero-order valence-corrected chi connectivity index (χ0v) is 13.6. The highest BCUT2D eigenvalue weighted by atomic mass is 32.1. The molecule has 1 N–H and O–H groups in total. The van der Waals surface area contributed by atoms with Gasteiger partial charge in [-0.3, -0.25) is 9.36 Å². The highest BCUT2D eigenvalue weighted by molar-refractivity contribution is 7.80. The lowest BCUT2D eigenvalue weighted by molar-refractivity contribution is 0.475. The summed E-state index contributed by atoms with van der Waals surface area (Å²) in [4.78, 5) is 1.99. The zero-order chi connectivity index (χ0) is 15.2. The molecule has 6 nitrogen and oxygen atoms in total. The van der Waals surface area contributed by atoms with Gasteiger partial charge in [0.05, 0.1) is 18.4 Å². The van der Waals surface area contributed by atoms with Crippen molar-refractivity contribution in [3.8, 4) is 0 Å². The molecule has 0 aliphatic heterocycles. The molecule has 2 aromatic heterocycles. The summed E-state index contributed by atoms with van der Waals surface area (Å²) in [7, 11) is 1.97. The van der Waals surface area contributed by atoms with Gasteiger partial charge >= 0.3 is 0 Å². The van der Waals surface area contributed by atoms with E-state index in [0.29, 0.717) is 18.2 Å². The third-order valence-corrected chi connectivity index (χ3v) is 3.68. The summed E-state index contributed by atoms with van der Waals surface area (Å²) in [5, 5.41) is 12.7. The molecule has 0 bridgehead atoms. The molecule has 0 aliphatic carbocycles. The maximum absolute atomic E-state index is 5.40. The van der Waals surface area contributed by atoms with Gasteiger partial charge in [0.15, 0.2) is 5.11 Å². The predicted molar refractivity (Wildman–Crippen MR) is 86.7 cm³/mol. The number of aromatic nitrogens is 4. The molecule has 7 heteroatoms. The summed E-state index contributed by atoms with van der Waals surface area (Å²) in [6.07, 6.45) is 5.87. The number of hydrogen-bond donors (Lipinski definition) is 1. The van der Waals surface area contributed by atoms with Crippen molar-refractivity contribution in [3.63, 3.8) is 0 Å². The quantitative estimate of drug-likeness (QED) is 0.822. The van der Waals surface area contributed by atoms with E-state index < -0.39 is 0 Å². The molecule has 0 amide bonds. The Labute approximate surface area is 130 Å². The number of thiocarbonyl (C=S) groups is 1. The third-order valence-electron chi connectivity index (χ3n) is 3.22. The Morgan fingerprint density at radius 2 is 2.10 bits per heavy atom. The van der Waals surface area contributed by atoms with Gasteiger partial charge in [-0.1, -0.05) is 0 Å². The first-order chi connectivity index (χ1) is 10.1. The Kier molecular flexibility index (Phi) is 5.32. The second kappa shape index (κ2) is 7.21.